The summed E-state index contributed by atoms with van der Waals surface area (Å²) < 4.78 is 0.644. The van der Waals surface area contributed by atoms with E-state index in [2.05, 4.69) is 21.2 Å². The molecule has 5 N–H and O–H groups in total. The fourth-order valence-corrected chi connectivity index (χ4v) is 1.36. The third-order valence-corrected chi connectivity index (χ3v) is 2.77. The van der Waals surface area contributed by atoms with Gasteiger partial charge in [-0.25, -0.2) is 4.79 Å². The lowest BCUT2D eigenvalue weighted by molar-refractivity contribution is -0.140. The number of rotatable bonds is 4. The molecule has 1 rings (SSSR count). The van der Waals surface area contributed by atoms with Crippen LogP contribution in [0.25, 0.3) is 0 Å². The summed E-state index contributed by atoms with van der Waals surface area (Å²) in [5.74, 6) is -1.91. The van der Waals surface area contributed by atoms with Gasteiger partial charge in [-0.1, -0.05) is 0 Å². The Morgan fingerprint density at radius 2 is 2.12 bits per heavy atom. The predicted molar refractivity (Wildman–Crippen MR) is 64.5 cm³/mol. The number of carbonyl (C=O) groups is 2. The Kier molecular flexibility index (Phi) is 4.47. The van der Waals surface area contributed by atoms with Crippen molar-refractivity contribution in [3.63, 3.8) is 0 Å². The van der Waals surface area contributed by atoms with Crippen LogP contribution < -0.4 is 11.1 Å². The summed E-state index contributed by atoms with van der Waals surface area (Å²) in [7, 11) is 0. The van der Waals surface area contributed by atoms with E-state index in [4.69, 9.17) is 15.9 Å². The number of nitrogens with two attached hydrogens (primary N) is 1. The highest BCUT2D eigenvalue weighted by Crippen LogP contribution is 2.20. The maximum Gasteiger partial charge on any atom is 0.328 e. The monoisotopic (exact) mass is 302 g/mol. The number of hydrogen-bond donors (Lipinski definition) is 4. The number of carbonyl (C=O) groups excluding carboxylic acids is 1. The smallest absolute Gasteiger partial charge is 0.328 e. The van der Waals surface area contributed by atoms with Crippen LogP contribution in [0.2, 0.25) is 0 Å². The lowest BCUT2D eigenvalue weighted by Crippen LogP contribution is -2.43. The lowest BCUT2D eigenvalue weighted by Gasteiger charge is -2.12. The van der Waals surface area contributed by atoms with Gasteiger partial charge in [-0.3, -0.25) is 4.79 Å². The van der Waals surface area contributed by atoms with E-state index in [1.165, 1.54) is 12.1 Å². The van der Waals surface area contributed by atoms with E-state index in [-0.39, 0.29) is 5.56 Å². The van der Waals surface area contributed by atoms with Crippen LogP contribution in [0.4, 0.5) is 5.69 Å². The van der Waals surface area contributed by atoms with Crippen LogP contribution in [0.1, 0.15) is 10.4 Å². The standard InChI is InChI=1S/C10H11BrN2O4/c11-6-2-1-5(3-7(6)12)9(15)13-8(4-14)10(16)17/h1-3,8,14H,4,12H2,(H,13,15)(H,16,17)/t8-/m1/s1. The molecule has 0 spiro atoms. The minimum absolute atomic E-state index is 0.227. The molecule has 0 saturated carbocycles. The molecule has 7 heteroatoms. The maximum absolute atomic E-state index is 11.6. The van der Waals surface area contributed by atoms with E-state index in [1.807, 2.05) is 0 Å². The van der Waals surface area contributed by atoms with Crippen LogP contribution in [-0.2, 0) is 4.79 Å². The summed E-state index contributed by atoms with van der Waals surface area (Å²) in [4.78, 5) is 22.2. The van der Waals surface area contributed by atoms with E-state index in [0.717, 1.165) is 0 Å². The van der Waals surface area contributed by atoms with Crippen LogP contribution in [0.3, 0.4) is 0 Å². The third kappa shape index (κ3) is 3.43. The van der Waals surface area contributed by atoms with E-state index in [1.54, 1.807) is 6.07 Å². The van der Waals surface area contributed by atoms with E-state index < -0.39 is 24.5 Å². The minimum Gasteiger partial charge on any atom is -0.480 e. The molecule has 0 aliphatic carbocycles. The van der Waals surface area contributed by atoms with Crippen LogP contribution in [0, 0.1) is 0 Å². The molecule has 0 radical (unpaired) electrons. The van der Waals surface area contributed by atoms with Crippen LogP contribution in [0.15, 0.2) is 22.7 Å². The van der Waals surface area contributed by atoms with Gasteiger partial charge in [-0.15, -0.1) is 0 Å². The lowest BCUT2D eigenvalue weighted by atomic mass is 10.2. The summed E-state index contributed by atoms with van der Waals surface area (Å²) in [5, 5.41) is 19.6. The zero-order valence-electron chi connectivity index (χ0n) is 8.68. The molecule has 0 saturated heterocycles. The molecule has 0 bridgehead atoms. The number of carboxylic acids is 1. The largest absolute Gasteiger partial charge is 0.480 e. The average Bonchev–Trinajstić information content (AvgIpc) is 2.28. The van der Waals surface area contributed by atoms with E-state index >= 15 is 0 Å². The quantitative estimate of drug-likeness (QED) is 0.594. The van der Waals surface area contributed by atoms with Gasteiger partial charge >= 0.3 is 5.97 Å². The molecule has 0 aromatic heterocycles. The maximum atomic E-state index is 11.6. The molecule has 0 aliphatic rings. The summed E-state index contributed by atoms with van der Waals surface area (Å²) in [5.41, 5.74) is 6.19. The third-order valence-electron chi connectivity index (χ3n) is 2.04. The van der Waals surface area contributed by atoms with E-state index in [9.17, 15) is 9.59 Å². The van der Waals surface area contributed by atoms with Crippen molar-refractivity contribution in [3.8, 4) is 0 Å². The Hall–Kier alpha value is -1.60. The van der Waals surface area contributed by atoms with Crippen molar-refractivity contribution in [2.24, 2.45) is 0 Å². The van der Waals surface area contributed by atoms with Crippen molar-refractivity contribution >= 4 is 33.5 Å². The van der Waals surface area contributed by atoms with Gasteiger partial charge in [0.05, 0.1) is 6.61 Å². The molecule has 92 valence electrons. The Bertz CT molecular complexity index is 450. The van der Waals surface area contributed by atoms with Gasteiger partial charge in [0.25, 0.3) is 5.91 Å². The van der Waals surface area contributed by atoms with Crippen molar-refractivity contribution in [2.75, 3.05) is 12.3 Å². The van der Waals surface area contributed by atoms with Gasteiger partial charge in [-0.05, 0) is 34.1 Å². The van der Waals surface area contributed by atoms with Gasteiger partial charge in [0.1, 0.15) is 0 Å². The number of anilines is 1. The normalized spacial score (nSPS) is 11.9. The fourth-order valence-electron chi connectivity index (χ4n) is 1.11. The zero-order valence-corrected chi connectivity index (χ0v) is 10.3. The van der Waals surface area contributed by atoms with Gasteiger partial charge in [0.2, 0.25) is 0 Å². The van der Waals surface area contributed by atoms with Gasteiger partial charge in [0, 0.05) is 15.7 Å². The molecule has 1 aromatic carbocycles. The number of hydrogen-bond acceptors (Lipinski definition) is 4. The van der Waals surface area contributed by atoms with Crippen molar-refractivity contribution in [2.45, 2.75) is 6.04 Å². The first-order valence-electron chi connectivity index (χ1n) is 4.65. The Morgan fingerprint density at radius 1 is 1.47 bits per heavy atom. The van der Waals surface area contributed by atoms with Crippen molar-refractivity contribution < 1.29 is 19.8 Å². The number of amides is 1. The second-order valence-electron chi connectivity index (χ2n) is 3.28. The molecule has 0 unspecified atom stereocenters. The number of benzene rings is 1. The summed E-state index contributed by atoms with van der Waals surface area (Å²) >= 11 is 3.18. The number of nitrogens with one attached hydrogen (secondary N) is 1. The highest BCUT2D eigenvalue weighted by molar-refractivity contribution is 9.10. The zero-order chi connectivity index (χ0) is 13.0. The molecule has 1 atom stereocenters. The molecule has 0 heterocycles. The first kappa shape index (κ1) is 13.5. The van der Waals surface area contributed by atoms with E-state index in [0.29, 0.717) is 10.2 Å². The molecular formula is C10H11BrN2O4. The highest BCUT2D eigenvalue weighted by Gasteiger charge is 2.19. The summed E-state index contributed by atoms with van der Waals surface area (Å²) in [6, 6.07) is 3.16. The van der Waals surface area contributed by atoms with Gasteiger partial charge in [0.15, 0.2) is 6.04 Å². The molecular weight excluding hydrogens is 292 g/mol. The second-order valence-corrected chi connectivity index (χ2v) is 4.14. The molecule has 0 aliphatic heterocycles. The van der Waals surface area contributed by atoms with Crippen molar-refractivity contribution in [1.82, 2.24) is 5.32 Å². The van der Waals surface area contributed by atoms with Crippen molar-refractivity contribution in [3.05, 3.63) is 28.2 Å². The van der Waals surface area contributed by atoms with Crippen LogP contribution >= 0.6 is 15.9 Å². The van der Waals surface area contributed by atoms with Crippen molar-refractivity contribution in [1.29, 1.82) is 0 Å². The van der Waals surface area contributed by atoms with Gasteiger partial charge in [-0.2, -0.15) is 0 Å². The number of aliphatic hydroxyl groups is 1. The fraction of sp³-hybridized carbons (Fsp3) is 0.200. The molecule has 1 amide bonds. The highest BCUT2D eigenvalue weighted by atomic mass is 79.9. The van der Waals surface area contributed by atoms with Crippen LogP contribution in [-0.4, -0.2) is 34.7 Å². The van der Waals surface area contributed by atoms with Crippen LogP contribution in [0.5, 0.6) is 0 Å². The Labute approximate surface area is 106 Å². The number of nitrogen functional groups attached to an aromatic ring is 1. The summed E-state index contributed by atoms with van der Waals surface area (Å²) in [6.45, 7) is -0.674. The molecule has 6 nitrogen and oxygen atoms in total. The van der Waals surface area contributed by atoms with Gasteiger partial charge < -0.3 is 21.3 Å². The SMILES string of the molecule is Nc1cc(C(=O)N[C@H](CO)C(=O)O)ccc1Br. The number of aliphatic hydroxyl groups excluding tert-OH is 1. The first-order chi connectivity index (χ1) is 7.95. The Morgan fingerprint density at radius 3 is 2.59 bits per heavy atom. The molecule has 1 aromatic rings. The first-order valence-corrected chi connectivity index (χ1v) is 5.44. The average molecular weight is 303 g/mol. The summed E-state index contributed by atoms with van der Waals surface area (Å²) in [6.07, 6.45) is 0. The second kappa shape index (κ2) is 5.65. The molecule has 17 heavy (non-hydrogen) atoms. The number of carboxylic acid groups (broad SMARTS) is 1. The minimum atomic E-state index is -1.33. The number of aliphatic carboxylic acids is 1. The predicted octanol–water partition coefficient (Wildman–Crippen LogP) is 0.207. The Balaban J connectivity index is 2.82. The number of halogens is 1. The topological polar surface area (TPSA) is 113 Å². The molecule has 0 fully saturated rings.